The first kappa shape index (κ1) is 21.3. The van der Waals surface area contributed by atoms with E-state index in [0.29, 0.717) is 35.7 Å². The average molecular weight is 418 g/mol. The number of benzene rings is 3. The Kier molecular flexibility index (Phi) is 7.11. The van der Waals surface area contributed by atoms with Crippen LogP contribution < -0.4 is 19.5 Å². The fraction of sp³-hybridized carbons (Fsp3) is 0.333. The molecule has 1 aliphatic carbocycles. The summed E-state index contributed by atoms with van der Waals surface area (Å²) in [6.07, 6.45) is 2.28. The number of ether oxygens (including phenoxy) is 3. The second-order valence-electron chi connectivity index (χ2n) is 8.01. The summed E-state index contributed by atoms with van der Waals surface area (Å²) in [6, 6.07) is 25.5. The molecule has 0 spiro atoms. The summed E-state index contributed by atoms with van der Waals surface area (Å²) < 4.78 is 16.8. The highest BCUT2D eigenvalue weighted by molar-refractivity contribution is 5.51. The third kappa shape index (κ3) is 5.02. The van der Waals surface area contributed by atoms with Gasteiger partial charge in [-0.15, -0.1) is 0 Å². The van der Waals surface area contributed by atoms with E-state index >= 15 is 0 Å². The minimum atomic E-state index is 0.465. The molecule has 0 fully saturated rings. The lowest BCUT2D eigenvalue weighted by molar-refractivity contribution is 0.269. The molecule has 4 rings (SSSR count). The van der Waals surface area contributed by atoms with Crippen LogP contribution in [0.2, 0.25) is 0 Å². The maximum atomic E-state index is 5.97. The lowest BCUT2D eigenvalue weighted by atomic mass is 9.74. The quantitative estimate of drug-likeness (QED) is 0.494. The van der Waals surface area contributed by atoms with Gasteiger partial charge >= 0.3 is 0 Å². The molecule has 1 N–H and O–H groups in total. The second-order valence-corrected chi connectivity index (χ2v) is 8.01. The third-order valence-electron chi connectivity index (χ3n) is 6.05. The van der Waals surface area contributed by atoms with Gasteiger partial charge in [-0.25, -0.2) is 0 Å². The van der Waals surface area contributed by atoms with Gasteiger partial charge in [-0.05, 0) is 54.1 Å². The topological polar surface area (TPSA) is 39.7 Å². The molecule has 4 heteroatoms. The van der Waals surface area contributed by atoms with Crippen molar-refractivity contribution in [1.82, 2.24) is 5.32 Å². The van der Waals surface area contributed by atoms with E-state index < -0.39 is 0 Å². The van der Waals surface area contributed by atoms with Gasteiger partial charge in [-0.2, -0.15) is 0 Å². The van der Waals surface area contributed by atoms with E-state index in [0.717, 1.165) is 25.9 Å². The van der Waals surface area contributed by atoms with Gasteiger partial charge in [0.05, 0.1) is 14.2 Å². The normalized spacial score (nSPS) is 17.6. The maximum Gasteiger partial charge on any atom is 0.203 e. The van der Waals surface area contributed by atoms with Crippen LogP contribution in [0.25, 0.3) is 0 Å². The Labute approximate surface area is 185 Å². The zero-order valence-corrected chi connectivity index (χ0v) is 18.3. The summed E-state index contributed by atoms with van der Waals surface area (Å²) in [5, 5.41) is 3.60. The fourth-order valence-electron chi connectivity index (χ4n) is 4.56. The van der Waals surface area contributed by atoms with Crippen molar-refractivity contribution in [1.29, 1.82) is 0 Å². The van der Waals surface area contributed by atoms with E-state index in [4.69, 9.17) is 14.2 Å². The number of fused-ring (bicyclic) bond motifs is 1. The molecule has 3 aromatic carbocycles. The van der Waals surface area contributed by atoms with Gasteiger partial charge < -0.3 is 19.5 Å². The van der Waals surface area contributed by atoms with Crippen molar-refractivity contribution in [2.24, 2.45) is 5.92 Å². The van der Waals surface area contributed by atoms with Crippen molar-refractivity contribution in [2.75, 3.05) is 33.9 Å². The number of hydrogen-bond acceptors (Lipinski definition) is 4. The SMILES string of the molecule is COc1cccc(OC)c1OCCNC[C@H]1Cc2ccccc2[C@@H](c2ccccc2)C1. The average Bonchev–Trinajstić information content (AvgIpc) is 2.83. The number of para-hydroxylation sites is 1. The smallest absolute Gasteiger partial charge is 0.203 e. The highest BCUT2D eigenvalue weighted by Gasteiger charge is 2.27. The first-order chi connectivity index (χ1) is 15.3. The second kappa shape index (κ2) is 10.4. The summed E-state index contributed by atoms with van der Waals surface area (Å²) in [5.41, 5.74) is 4.37. The zero-order valence-electron chi connectivity index (χ0n) is 18.3. The summed E-state index contributed by atoms with van der Waals surface area (Å²) in [6.45, 7) is 2.31. The van der Waals surface area contributed by atoms with E-state index in [2.05, 4.69) is 59.9 Å². The Morgan fingerprint density at radius 3 is 2.29 bits per heavy atom. The van der Waals surface area contributed by atoms with Gasteiger partial charge in [0.2, 0.25) is 5.75 Å². The molecule has 0 amide bonds. The molecule has 3 aromatic rings. The zero-order chi connectivity index (χ0) is 21.5. The van der Waals surface area contributed by atoms with Crippen LogP contribution in [0.1, 0.15) is 29.0 Å². The molecular formula is C27H31NO3. The molecule has 162 valence electrons. The Hall–Kier alpha value is -2.98. The van der Waals surface area contributed by atoms with Gasteiger partial charge in [0.25, 0.3) is 0 Å². The Morgan fingerprint density at radius 1 is 0.839 bits per heavy atom. The third-order valence-corrected chi connectivity index (χ3v) is 6.05. The van der Waals surface area contributed by atoms with Crippen molar-refractivity contribution in [2.45, 2.75) is 18.8 Å². The van der Waals surface area contributed by atoms with Crippen LogP contribution in [-0.2, 0) is 6.42 Å². The predicted octanol–water partition coefficient (Wildman–Crippen LogP) is 5.07. The Balaban J connectivity index is 1.34. The molecule has 4 nitrogen and oxygen atoms in total. The minimum Gasteiger partial charge on any atom is -0.493 e. The van der Waals surface area contributed by atoms with Crippen LogP contribution >= 0.6 is 0 Å². The van der Waals surface area contributed by atoms with Crippen molar-refractivity contribution in [3.05, 3.63) is 89.5 Å². The lowest BCUT2D eigenvalue weighted by Gasteiger charge is -2.32. The first-order valence-electron chi connectivity index (χ1n) is 11.0. The monoisotopic (exact) mass is 417 g/mol. The van der Waals surface area contributed by atoms with Crippen LogP contribution in [0.3, 0.4) is 0 Å². The van der Waals surface area contributed by atoms with Crippen molar-refractivity contribution in [3.8, 4) is 17.2 Å². The molecular weight excluding hydrogens is 386 g/mol. The van der Waals surface area contributed by atoms with E-state index in [9.17, 15) is 0 Å². The predicted molar refractivity (Wildman–Crippen MR) is 124 cm³/mol. The molecule has 0 heterocycles. The first-order valence-corrected chi connectivity index (χ1v) is 11.0. The summed E-state index contributed by atoms with van der Waals surface area (Å²) in [5.74, 6) is 3.10. The molecule has 0 aliphatic heterocycles. The van der Waals surface area contributed by atoms with Gasteiger partial charge in [-0.3, -0.25) is 0 Å². The molecule has 0 saturated carbocycles. The minimum absolute atomic E-state index is 0.465. The molecule has 0 unspecified atom stereocenters. The molecule has 31 heavy (non-hydrogen) atoms. The Morgan fingerprint density at radius 2 is 1.55 bits per heavy atom. The largest absolute Gasteiger partial charge is 0.493 e. The number of nitrogens with one attached hydrogen (secondary N) is 1. The van der Waals surface area contributed by atoms with Gasteiger partial charge in [0, 0.05) is 12.5 Å². The van der Waals surface area contributed by atoms with Crippen LogP contribution in [0.5, 0.6) is 17.2 Å². The lowest BCUT2D eigenvalue weighted by Crippen LogP contribution is -2.31. The fourth-order valence-corrected chi connectivity index (χ4v) is 4.56. The van der Waals surface area contributed by atoms with Crippen LogP contribution in [0, 0.1) is 5.92 Å². The van der Waals surface area contributed by atoms with Crippen LogP contribution in [-0.4, -0.2) is 33.9 Å². The van der Waals surface area contributed by atoms with E-state index in [1.807, 2.05) is 18.2 Å². The summed E-state index contributed by atoms with van der Waals surface area (Å²) >= 11 is 0. The number of methoxy groups -OCH3 is 2. The highest BCUT2D eigenvalue weighted by atomic mass is 16.5. The van der Waals surface area contributed by atoms with Crippen LogP contribution in [0.15, 0.2) is 72.8 Å². The number of hydrogen-bond donors (Lipinski definition) is 1. The van der Waals surface area contributed by atoms with Crippen molar-refractivity contribution < 1.29 is 14.2 Å². The van der Waals surface area contributed by atoms with Crippen LogP contribution in [0.4, 0.5) is 0 Å². The molecule has 2 atom stereocenters. The molecule has 0 radical (unpaired) electrons. The summed E-state index contributed by atoms with van der Waals surface area (Å²) in [7, 11) is 3.29. The van der Waals surface area contributed by atoms with E-state index in [-0.39, 0.29) is 0 Å². The van der Waals surface area contributed by atoms with Gasteiger partial charge in [-0.1, -0.05) is 60.7 Å². The molecule has 0 aromatic heterocycles. The Bertz CT molecular complexity index is 951. The van der Waals surface area contributed by atoms with E-state index in [1.54, 1.807) is 14.2 Å². The van der Waals surface area contributed by atoms with E-state index in [1.165, 1.54) is 16.7 Å². The maximum absolute atomic E-state index is 5.97. The van der Waals surface area contributed by atoms with Crippen molar-refractivity contribution >= 4 is 0 Å². The van der Waals surface area contributed by atoms with Crippen molar-refractivity contribution in [3.63, 3.8) is 0 Å². The highest BCUT2D eigenvalue weighted by Crippen LogP contribution is 2.39. The number of rotatable bonds is 9. The standard InChI is InChI=1S/C27H31NO3/c1-29-25-13-8-14-26(30-2)27(25)31-16-15-28-19-20-17-22-11-6-7-12-23(22)24(18-20)21-9-4-3-5-10-21/h3-14,20,24,28H,15-19H2,1-2H3/t20-,24+/m0/s1. The molecule has 0 bridgehead atoms. The molecule has 0 saturated heterocycles. The van der Waals surface area contributed by atoms with Gasteiger partial charge in [0.1, 0.15) is 6.61 Å². The summed E-state index contributed by atoms with van der Waals surface area (Å²) in [4.78, 5) is 0. The molecule has 1 aliphatic rings. The van der Waals surface area contributed by atoms with Gasteiger partial charge in [0.15, 0.2) is 11.5 Å².